The summed E-state index contributed by atoms with van der Waals surface area (Å²) in [6, 6.07) is 9.67. The lowest BCUT2D eigenvalue weighted by Gasteiger charge is -2.27. The number of hydrogen-bond donors (Lipinski definition) is 1. The lowest BCUT2D eigenvalue weighted by atomic mass is 10.1. The summed E-state index contributed by atoms with van der Waals surface area (Å²) in [4.78, 5) is 12.9. The lowest BCUT2D eigenvalue weighted by molar-refractivity contribution is -0.122. The molecule has 2 heterocycles. The first-order valence-corrected chi connectivity index (χ1v) is 9.56. The number of methoxy groups -OCH3 is 1. The fourth-order valence-corrected chi connectivity index (χ4v) is 3.81. The zero-order valence-corrected chi connectivity index (χ0v) is 16.2. The second-order valence-corrected chi connectivity index (χ2v) is 8.07. The van der Waals surface area contributed by atoms with Crippen LogP contribution in [0.3, 0.4) is 0 Å². The molecule has 0 saturated heterocycles. The van der Waals surface area contributed by atoms with Crippen LogP contribution in [0.1, 0.15) is 29.0 Å². The monoisotopic (exact) mass is 397 g/mol. The van der Waals surface area contributed by atoms with Gasteiger partial charge in [0.1, 0.15) is 5.76 Å². The number of ether oxygens (including phenoxy) is 1. The molecule has 0 radical (unpaired) electrons. The number of hydrogen-bond acceptors (Lipinski definition) is 6. The van der Waals surface area contributed by atoms with E-state index in [0.29, 0.717) is 24.6 Å². The fraction of sp³-hybridized carbons (Fsp3) is 0.412. The quantitative estimate of drug-likeness (QED) is 0.756. The maximum Gasteiger partial charge on any atom is 0.290 e. The molecule has 0 spiro atoms. The second kappa shape index (κ2) is 9.09. The number of nitrogens with zero attached hydrogens (tertiary/aromatic N) is 3. The number of fused-ring (bicyclic) bond motifs is 1. The van der Waals surface area contributed by atoms with Crippen LogP contribution in [0.2, 0.25) is 0 Å². The van der Waals surface area contributed by atoms with Crippen LogP contribution >= 0.6 is 0 Å². The number of carboxylic acid groups (broad SMARTS) is 1. The molecule has 0 bridgehead atoms. The Labute approximate surface area is 158 Å². The van der Waals surface area contributed by atoms with Gasteiger partial charge < -0.3 is 14.3 Å². The summed E-state index contributed by atoms with van der Waals surface area (Å²) in [5.41, 5.74) is 1.59. The summed E-state index contributed by atoms with van der Waals surface area (Å²) in [5.74, 6) is 1.19. The van der Waals surface area contributed by atoms with E-state index in [9.17, 15) is 8.42 Å². The van der Waals surface area contributed by atoms with Crippen molar-refractivity contribution in [2.45, 2.75) is 19.1 Å². The van der Waals surface area contributed by atoms with E-state index in [0.717, 1.165) is 11.3 Å². The van der Waals surface area contributed by atoms with Gasteiger partial charge in [0, 0.05) is 34.2 Å². The molecule has 27 heavy (non-hydrogen) atoms. The minimum Gasteiger partial charge on any atom is -0.483 e. The largest absolute Gasteiger partial charge is 0.483 e. The van der Waals surface area contributed by atoms with E-state index in [4.69, 9.17) is 19.1 Å². The van der Waals surface area contributed by atoms with E-state index in [-0.39, 0.29) is 13.0 Å². The Morgan fingerprint density at radius 2 is 1.96 bits per heavy atom. The topological polar surface area (TPSA) is 113 Å². The highest BCUT2D eigenvalue weighted by atomic mass is 32.2. The van der Waals surface area contributed by atoms with E-state index < -0.39 is 16.3 Å². The van der Waals surface area contributed by atoms with Gasteiger partial charge in [-0.05, 0) is 5.56 Å². The van der Waals surface area contributed by atoms with Crippen LogP contribution in [0.5, 0.6) is 0 Å². The zero-order valence-electron chi connectivity index (χ0n) is 15.4. The number of oxazole rings is 1. The van der Waals surface area contributed by atoms with Crippen molar-refractivity contribution in [1.82, 2.24) is 13.6 Å². The van der Waals surface area contributed by atoms with Gasteiger partial charge in [0.05, 0.1) is 12.2 Å². The van der Waals surface area contributed by atoms with Crippen LogP contribution in [0, 0.1) is 0 Å². The first-order chi connectivity index (χ1) is 12.8. The second-order valence-electron chi connectivity index (χ2n) is 5.93. The number of rotatable bonds is 5. The van der Waals surface area contributed by atoms with Gasteiger partial charge in [0.25, 0.3) is 16.7 Å². The normalized spacial score (nSPS) is 15.6. The van der Waals surface area contributed by atoms with Crippen molar-refractivity contribution in [3.63, 3.8) is 0 Å². The molecule has 1 aromatic carbocycles. The van der Waals surface area contributed by atoms with Crippen molar-refractivity contribution >= 4 is 16.7 Å². The molecule has 1 N–H and O–H groups in total. The van der Waals surface area contributed by atoms with Crippen molar-refractivity contribution in [2.24, 2.45) is 0 Å². The highest BCUT2D eigenvalue weighted by Gasteiger charge is 2.32. The predicted octanol–water partition coefficient (Wildman–Crippen LogP) is 1.28. The molecule has 0 fully saturated rings. The molecule has 0 amide bonds. The van der Waals surface area contributed by atoms with Gasteiger partial charge in [-0.25, -0.2) is 4.98 Å². The molecule has 1 aromatic heterocycles. The van der Waals surface area contributed by atoms with Crippen LogP contribution in [0.4, 0.5) is 0 Å². The summed E-state index contributed by atoms with van der Waals surface area (Å²) in [5, 5.41) is 6.89. The summed E-state index contributed by atoms with van der Waals surface area (Å²) >= 11 is 0. The Hall–Kier alpha value is -2.27. The molecular weight excluding hydrogens is 374 g/mol. The van der Waals surface area contributed by atoms with Gasteiger partial charge in [-0.3, -0.25) is 4.79 Å². The summed E-state index contributed by atoms with van der Waals surface area (Å²) in [6.45, 7) is 0.343. The van der Waals surface area contributed by atoms with Crippen molar-refractivity contribution in [1.29, 1.82) is 0 Å². The fourth-order valence-electron chi connectivity index (χ4n) is 2.74. The first-order valence-electron chi connectivity index (χ1n) is 8.16. The van der Waals surface area contributed by atoms with E-state index in [1.165, 1.54) is 22.7 Å². The van der Waals surface area contributed by atoms with Crippen LogP contribution in [-0.2, 0) is 32.7 Å². The Kier molecular flexibility index (Phi) is 7.08. The predicted molar refractivity (Wildman–Crippen MR) is 97.2 cm³/mol. The Bertz CT molecular complexity index is 851. The van der Waals surface area contributed by atoms with E-state index in [1.807, 2.05) is 30.3 Å². The van der Waals surface area contributed by atoms with Crippen molar-refractivity contribution in [2.75, 3.05) is 27.7 Å². The van der Waals surface area contributed by atoms with Gasteiger partial charge in [0.2, 0.25) is 5.89 Å². The average Bonchev–Trinajstić information content (AvgIpc) is 3.06. The Morgan fingerprint density at radius 3 is 2.52 bits per heavy atom. The standard InChI is InChI=1S/C16H21N3O4S.CH2O2/c1-18(2)24(20,21)19-10-9-14-13(11-19)17-16(23-14)15(22-3)12-7-5-4-6-8-12;2-1-3/h4-8,15H,9-11H2,1-3H3;1H,(H,2,3). The first kappa shape index (κ1) is 21.0. The van der Waals surface area contributed by atoms with E-state index in [2.05, 4.69) is 4.98 Å². The maximum atomic E-state index is 12.3. The smallest absolute Gasteiger partial charge is 0.290 e. The SMILES string of the molecule is COC(c1ccccc1)c1nc2c(o1)CCN(S(=O)(=O)N(C)C)C2.O=CO. The Morgan fingerprint density at radius 1 is 1.33 bits per heavy atom. The third-order valence-electron chi connectivity index (χ3n) is 4.06. The molecule has 1 unspecified atom stereocenters. The highest BCUT2D eigenvalue weighted by Crippen LogP contribution is 2.29. The molecule has 0 saturated carbocycles. The van der Waals surface area contributed by atoms with Crippen LogP contribution in [0.15, 0.2) is 34.7 Å². The third kappa shape index (κ3) is 4.72. The molecule has 10 heteroatoms. The number of benzene rings is 1. The van der Waals surface area contributed by atoms with Crippen LogP contribution in [-0.4, -0.2) is 61.3 Å². The third-order valence-corrected chi connectivity index (χ3v) is 5.95. The maximum absolute atomic E-state index is 12.3. The molecule has 1 atom stereocenters. The van der Waals surface area contributed by atoms with Gasteiger partial charge in [-0.1, -0.05) is 30.3 Å². The zero-order chi connectivity index (χ0) is 20.0. The summed E-state index contributed by atoms with van der Waals surface area (Å²) in [6.07, 6.45) is 0.0939. The molecule has 2 aromatic rings. The molecule has 9 nitrogen and oxygen atoms in total. The van der Waals surface area contributed by atoms with Gasteiger partial charge >= 0.3 is 0 Å². The van der Waals surface area contributed by atoms with Crippen molar-refractivity contribution in [3.05, 3.63) is 53.2 Å². The van der Waals surface area contributed by atoms with E-state index in [1.54, 1.807) is 7.11 Å². The van der Waals surface area contributed by atoms with Crippen molar-refractivity contribution < 1.29 is 27.5 Å². The van der Waals surface area contributed by atoms with Gasteiger partial charge in [0.15, 0.2) is 6.10 Å². The molecule has 1 aliphatic heterocycles. The molecular formula is C17H23N3O6S. The number of carbonyl (C=O) groups is 1. The molecule has 0 aliphatic carbocycles. The van der Waals surface area contributed by atoms with Gasteiger partial charge in [-0.2, -0.15) is 17.0 Å². The van der Waals surface area contributed by atoms with Crippen LogP contribution < -0.4 is 0 Å². The summed E-state index contributed by atoms with van der Waals surface area (Å²) < 4.78 is 38.6. The Balaban J connectivity index is 0.000000817. The van der Waals surface area contributed by atoms with Gasteiger partial charge in [-0.15, -0.1) is 0 Å². The highest BCUT2D eigenvalue weighted by molar-refractivity contribution is 7.86. The van der Waals surface area contributed by atoms with Crippen molar-refractivity contribution in [3.8, 4) is 0 Å². The minimum absolute atomic E-state index is 0.213. The lowest BCUT2D eigenvalue weighted by Crippen LogP contribution is -2.42. The minimum atomic E-state index is -3.46. The average molecular weight is 397 g/mol. The molecule has 1 aliphatic rings. The molecule has 3 rings (SSSR count). The van der Waals surface area contributed by atoms with Crippen LogP contribution in [0.25, 0.3) is 0 Å². The summed E-state index contributed by atoms with van der Waals surface area (Å²) in [7, 11) is 1.19. The molecule has 148 valence electrons. The number of aromatic nitrogens is 1. The van der Waals surface area contributed by atoms with E-state index >= 15 is 0 Å².